The standard InChI is InChI=1S/C23H32FN5O/c1-5-29(6-2)11-7-8-16-12-21-18(14-22(16)30-4)23(27-15-26-21)28-20-10-9-17(25-3)13-19(20)24/h9-10,13-16,25H,5-8,11-12H2,1-4H3,(H,26,27,28). The lowest BCUT2D eigenvalue weighted by atomic mass is 9.88. The number of rotatable bonds is 10. The van der Waals surface area contributed by atoms with Crippen LogP contribution < -0.4 is 10.6 Å². The summed E-state index contributed by atoms with van der Waals surface area (Å²) in [7, 11) is 3.47. The molecule has 1 heterocycles. The highest BCUT2D eigenvalue weighted by Gasteiger charge is 2.25. The van der Waals surface area contributed by atoms with Crippen molar-refractivity contribution < 1.29 is 9.13 Å². The van der Waals surface area contributed by atoms with E-state index >= 15 is 0 Å². The topological polar surface area (TPSA) is 62.3 Å². The van der Waals surface area contributed by atoms with E-state index in [1.807, 2.05) is 12.1 Å². The van der Waals surface area contributed by atoms with Gasteiger partial charge in [-0.1, -0.05) is 13.8 Å². The van der Waals surface area contributed by atoms with E-state index in [2.05, 4.69) is 39.3 Å². The average molecular weight is 414 g/mol. The van der Waals surface area contributed by atoms with Crippen molar-refractivity contribution in [1.29, 1.82) is 0 Å². The fraction of sp³-hybridized carbons (Fsp3) is 0.478. The van der Waals surface area contributed by atoms with E-state index < -0.39 is 0 Å². The predicted octanol–water partition coefficient (Wildman–Crippen LogP) is 4.68. The minimum atomic E-state index is -0.338. The van der Waals surface area contributed by atoms with E-state index in [9.17, 15) is 4.39 Å². The summed E-state index contributed by atoms with van der Waals surface area (Å²) in [6.45, 7) is 7.63. The lowest BCUT2D eigenvalue weighted by Crippen LogP contribution is -2.25. The molecular formula is C23H32FN5O. The summed E-state index contributed by atoms with van der Waals surface area (Å²) in [4.78, 5) is 11.3. The number of halogens is 1. The van der Waals surface area contributed by atoms with Crippen molar-refractivity contribution in [2.45, 2.75) is 33.1 Å². The molecule has 3 rings (SSSR count). The highest BCUT2D eigenvalue weighted by atomic mass is 19.1. The summed E-state index contributed by atoms with van der Waals surface area (Å²) in [6, 6.07) is 4.98. The molecule has 0 fully saturated rings. The third kappa shape index (κ3) is 5.08. The molecule has 0 aliphatic heterocycles. The minimum absolute atomic E-state index is 0.299. The van der Waals surface area contributed by atoms with Crippen LogP contribution in [0.25, 0.3) is 6.08 Å². The Hall–Kier alpha value is -2.67. The third-order valence-corrected chi connectivity index (χ3v) is 5.76. The lowest BCUT2D eigenvalue weighted by molar-refractivity contribution is 0.225. The molecule has 7 heteroatoms. The molecule has 0 bridgehead atoms. The Morgan fingerprint density at radius 3 is 2.70 bits per heavy atom. The zero-order chi connectivity index (χ0) is 21.5. The summed E-state index contributed by atoms with van der Waals surface area (Å²) in [5, 5.41) is 6.06. The van der Waals surface area contributed by atoms with Gasteiger partial charge in [0.05, 0.1) is 24.3 Å². The first-order chi connectivity index (χ1) is 14.6. The normalized spacial score (nSPS) is 15.5. The molecule has 1 atom stereocenters. The van der Waals surface area contributed by atoms with Crippen molar-refractivity contribution in [3.05, 3.63) is 47.4 Å². The predicted molar refractivity (Wildman–Crippen MR) is 120 cm³/mol. The number of nitrogens with one attached hydrogen (secondary N) is 2. The molecule has 2 aromatic rings. The Bertz CT molecular complexity index is 882. The Kier molecular flexibility index (Phi) is 7.63. The van der Waals surface area contributed by atoms with E-state index in [4.69, 9.17) is 4.74 Å². The summed E-state index contributed by atoms with van der Waals surface area (Å²) < 4.78 is 20.1. The molecule has 0 saturated carbocycles. The monoisotopic (exact) mass is 413 g/mol. The highest BCUT2D eigenvalue weighted by molar-refractivity contribution is 5.73. The summed E-state index contributed by atoms with van der Waals surface area (Å²) in [5.74, 6) is 1.49. The number of nitrogens with zero attached hydrogens (tertiary/aromatic N) is 3. The number of ether oxygens (including phenoxy) is 1. The van der Waals surface area contributed by atoms with Crippen LogP contribution in [-0.4, -0.2) is 48.7 Å². The van der Waals surface area contributed by atoms with Crippen molar-refractivity contribution in [3.63, 3.8) is 0 Å². The maximum absolute atomic E-state index is 14.4. The summed E-state index contributed by atoms with van der Waals surface area (Å²) in [5.41, 5.74) is 2.93. The fourth-order valence-corrected chi connectivity index (χ4v) is 3.91. The molecule has 0 amide bonds. The van der Waals surface area contributed by atoms with Crippen molar-refractivity contribution in [2.24, 2.45) is 5.92 Å². The second-order valence-corrected chi connectivity index (χ2v) is 7.47. The van der Waals surface area contributed by atoms with Crippen molar-refractivity contribution in [3.8, 4) is 0 Å². The zero-order valence-corrected chi connectivity index (χ0v) is 18.3. The van der Waals surface area contributed by atoms with E-state index in [0.717, 1.165) is 61.6 Å². The third-order valence-electron chi connectivity index (χ3n) is 5.76. The molecule has 1 aliphatic carbocycles. The summed E-state index contributed by atoms with van der Waals surface area (Å²) >= 11 is 0. The second kappa shape index (κ2) is 10.4. The van der Waals surface area contributed by atoms with Crippen LogP contribution in [0.1, 0.15) is 37.9 Å². The van der Waals surface area contributed by atoms with Crippen LogP contribution in [0.2, 0.25) is 0 Å². The maximum Gasteiger partial charge on any atom is 0.148 e. The molecule has 0 spiro atoms. The van der Waals surface area contributed by atoms with Crippen LogP contribution in [0.4, 0.5) is 21.6 Å². The average Bonchev–Trinajstić information content (AvgIpc) is 2.77. The van der Waals surface area contributed by atoms with Crippen LogP contribution in [0, 0.1) is 11.7 Å². The molecule has 2 N–H and O–H groups in total. The van der Waals surface area contributed by atoms with Crippen LogP contribution >= 0.6 is 0 Å². The van der Waals surface area contributed by atoms with Gasteiger partial charge >= 0.3 is 0 Å². The fourth-order valence-electron chi connectivity index (χ4n) is 3.91. The first-order valence-electron chi connectivity index (χ1n) is 10.7. The number of allylic oxidation sites excluding steroid dienone is 1. The first kappa shape index (κ1) is 22.0. The number of anilines is 3. The molecule has 1 aliphatic rings. The van der Waals surface area contributed by atoms with Gasteiger partial charge in [0, 0.05) is 30.6 Å². The molecule has 1 unspecified atom stereocenters. The Labute approximate surface area is 178 Å². The number of hydrogen-bond donors (Lipinski definition) is 2. The quantitative estimate of drug-likeness (QED) is 0.590. The Morgan fingerprint density at radius 1 is 1.23 bits per heavy atom. The van der Waals surface area contributed by atoms with Gasteiger partial charge in [-0.3, -0.25) is 0 Å². The Balaban J connectivity index is 1.78. The molecule has 1 aromatic carbocycles. The smallest absolute Gasteiger partial charge is 0.148 e. The molecule has 6 nitrogen and oxygen atoms in total. The number of fused-ring (bicyclic) bond motifs is 1. The van der Waals surface area contributed by atoms with E-state index in [-0.39, 0.29) is 5.82 Å². The largest absolute Gasteiger partial charge is 0.501 e. The number of benzene rings is 1. The first-order valence-corrected chi connectivity index (χ1v) is 10.7. The zero-order valence-electron chi connectivity index (χ0n) is 18.3. The second-order valence-electron chi connectivity index (χ2n) is 7.47. The number of hydrogen-bond acceptors (Lipinski definition) is 6. The SMILES string of the molecule is CCN(CC)CCCC1Cc2ncnc(Nc3ccc(NC)cc3F)c2C=C1OC. The van der Waals surface area contributed by atoms with Gasteiger partial charge in [0.1, 0.15) is 18.0 Å². The number of aromatic nitrogens is 2. The van der Waals surface area contributed by atoms with Crippen molar-refractivity contribution >= 4 is 23.3 Å². The van der Waals surface area contributed by atoms with E-state index in [1.54, 1.807) is 26.6 Å². The van der Waals surface area contributed by atoms with Crippen LogP contribution in [0.15, 0.2) is 30.3 Å². The van der Waals surface area contributed by atoms with Crippen molar-refractivity contribution in [2.75, 3.05) is 44.4 Å². The van der Waals surface area contributed by atoms with Gasteiger partial charge in [-0.25, -0.2) is 14.4 Å². The number of methoxy groups -OCH3 is 1. The van der Waals surface area contributed by atoms with Gasteiger partial charge in [0.15, 0.2) is 0 Å². The minimum Gasteiger partial charge on any atom is -0.501 e. The van der Waals surface area contributed by atoms with Gasteiger partial charge in [-0.05, 0) is 56.8 Å². The molecular weight excluding hydrogens is 381 g/mol. The van der Waals surface area contributed by atoms with Crippen LogP contribution in [-0.2, 0) is 11.2 Å². The van der Waals surface area contributed by atoms with Crippen LogP contribution in [0.5, 0.6) is 0 Å². The maximum atomic E-state index is 14.4. The lowest BCUT2D eigenvalue weighted by Gasteiger charge is -2.26. The molecule has 30 heavy (non-hydrogen) atoms. The molecule has 1 aromatic heterocycles. The highest BCUT2D eigenvalue weighted by Crippen LogP contribution is 2.35. The van der Waals surface area contributed by atoms with Gasteiger partial charge in [0.25, 0.3) is 0 Å². The molecule has 162 valence electrons. The van der Waals surface area contributed by atoms with Gasteiger partial charge in [0.2, 0.25) is 0 Å². The van der Waals surface area contributed by atoms with Gasteiger partial charge < -0.3 is 20.3 Å². The Morgan fingerprint density at radius 2 is 2.03 bits per heavy atom. The molecule has 0 saturated heterocycles. The van der Waals surface area contributed by atoms with Gasteiger partial charge in [-0.2, -0.15) is 0 Å². The van der Waals surface area contributed by atoms with Crippen molar-refractivity contribution in [1.82, 2.24) is 14.9 Å². The van der Waals surface area contributed by atoms with E-state index in [1.165, 1.54) is 6.07 Å². The molecule has 0 radical (unpaired) electrons. The van der Waals surface area contributed by atoms with Gasteiger partial charge in [-0.15, -0.1) is 0 Å². The summed E-state index contributed by atoms with van der Waals surface area (Å²) in [6.07, 6.45) is 6.50. The van der Waals surface area contributed by atoms with E-state index in [0.29, 0.717) is 17.4 Å². The van der Waals surface area contributed by atoms with Crippen LogP contribution in [0.3, 0.4) is 0 Å².